The molecule has 4 nitrogen and oxygen atoms in total. The minimum Gasteiger partial charge on any atom is -0.500 e. The minimum absolute atomic E-state index is 0. The maximum Gasteiger partial charge on any atom is 0.125 e. The fraction of sp³-hybridized carbons (Fsp3) is 0.0930. The monoisotopic (exact) mass is 800 g/mol. The van der Waals surface area contributed by atoms with E-state index in [9.17, 15) is 0 Å². The molecule has 0 N–H and O–H groups in total. The van der Waals surface area contributed by atoms with Gasteiger partial charge in [-0.1, -0.05) is 117 Å². The Morgan fingerprint density at radius 1 is 0.625 bits per heavy atom. The molecule has 0 aliphatic rings. The molecule has 0 bridgehead atoms. The summed E-state index contributed by atoms with van der Waals surface area (Å²) in [5.41, 5.74) is 10.6. The molecule has 0 saturated carbocycles. The quantitative estimate of drug-likeness (QED) is 0.166. The zero-order valence-corrected chi connectivity index (χ0v) is 29.3. The summed E-state index contributed by atoms with van der Waals surface area (Å²) in [6.07, 6.45) is 3.74. The number of fused-ring (bicyclic) bond motifs is 3. The summed E-state index contributed by atoms with van der Waals surface area (Å²) in [5.74, 6) is 0. The van der Waals surface area contributed by atoms with Gasteiger partial charge in [-0.15, -0.1) is 54.1 Å². The van der Waals surface area contributed by atoms with Crippen LogP contribution in [-0.2, 0) is 25.5 Å². The van der Waals surface area contributed by atoms with Gasteiger partial charge in [0.15, 0.2) is 0 Å². The molecule has 0 fully saturated rings. The Hall–Kier alpha value is -5.22. The minimum atomic E-state index is 0. The summed E-state index contributed by atoms with van der Waals surface area (Å²) in [5, 5.41) is 2.02. The smallest absolute Gasteiger partial charge is 0.125 e. The summed E-state index contributed by atoms with van der Waals surface area (Å²) in [6, 6.07) is 50.9. The van der Waals surface area contributed by atoms with Crippen molar-refractivity contribution in [1.29, 1.82) is 0 Å². The van der Waals surface area contributed by atoms with Crippen molar-refractivity contribution in [2.24, 2.45) is 0 Å². The van der Waals surface area contributed by atoms with E-state index in [-0.39, 0.29) is 25.5 Å². The Balaban J connectivity index is 0.000000201. The molecule has 237 valence electrons. The number of benzene rings is 4. The predicted octanol–water partition coefficient (Wildman–Crippen LogP) is 11.0. The Labute approximate surface area is 294 Å². The molecule has 0 saturated heterocycles. The molecular formula is C43H33IrN3O-2. The average Bonchev–Trinajstić information content (AvgIpc) is 3.52. The van der Waals surface area contributed by atoms with E-state index in [4.69, 9.17) is 9.40 Å². The van der Waals surface area contributed by atoms with E-state index in [0.29, 0.717) is 0 Å². The third kappa shape index (κ3) is 6.89. The van der Waals surface area contributed by atoms with E-state index in [2.05, 4.69) is 79.3 Å². The third-order valence-electron chi connectivity index (χ3n) is 8.07. The number of nitrogens with zero attached hydrogens (tertiary/aromatic N) is 3. The summed E-state index contributed by atoms with van der Waals surface area (Å²) >= 11 is 0. The number of furan rings is 1. The Kier molecular flexibility index (Phi) is 9.72. The number of rotatable bonds is 4. The average molecular weight is 800 g/mol. The maximum atomic E-state index is 6.45. The van der Waals surface area contributed by atoms with Gasteiger partial charge in [0.05, 0.1) is 17.0 Å². The zero-order valence-electron chi connectivity index (χ0n) is 26.9. The Morgan fingerprint density at radius 3 is 2.00 bits per heavy atom. The van der Waals surface area contributed by atoms with E-state index in [1.807, 2.05) is 103 Å². The maximum absolute atomic E-state index is 6.45. The second-order valence-electron chi connectivity index (χ2n) is 12.3. The zero-order chi connectivity index (χ0) is 32.2. The van der Waals surface area contributed by atoms with E-state index < -0.39 is 0 Å². The topological polar surface area (TPSA) is 51.8 Å². The molecule has 0 unspecified atom stereocenters. The summed E-state index contributed by atoms with van der Waals surface area (Å²) < 4.78 is 6.45. The van der Waals surface area contributed by atoms with Gasteiger partial charge in [-0.25, -0.2) is 4.98 Å². The van der Waals surface area contributed by atoms with Gasteiger partial charge in [0.25, 0.3) is 0 Å². The summed E-state index contributed by atoms with van der Waals surface area (Å²) in [4.78, 5) is 14.1. The molecule has 1 radical (unpaired) electrons. The molecule has 0 amide bonds. The second kappa shape index (κ2) is 14.3. The molecule has 8 rings (SSSR count). The van der Waals surface area contributed by atoms with E-state index in [0.717, 1.165) is 67.0 Å². The van der Waals surface area contributed by atoms with Crippen molar-refractivity contribution in [1.82, 2.24) is 15.0 Å². The largest absolute Gasteiger partial charge is 0.500 e. The van der Waals surface area contributed by atoms with Crippen LogP contribution >= 0.6 is 0 Å². The number of pyridine rings is 3. The van der Waals surface area contributed by atoms with Crippen LogP contribution in [0, 0.1) is 12.1 Å². The molecule has 0 spiro atoms. The van der Waals surface area contributed by atoms with E-state index >= 15 is 0 Å². The van der Waals surface area contributed by atoms with Gasteiger partial charge in [0.1, 0.15) is 5.58 Å². The fourth-order valence-corrected chi connectivity index (χ4v) is 5.57. The Morgan fingerprint density at radius 2 is 1.35 bits per heavy atom. The number of hydrogen-bond donors (Lipinski definition) is 0. The third-order valence-corrected chi connectivity index (χ3v) is 8.07. The van der Waals surface area contributed by atoms with Crippen molar-refractivity contribution in [3.8, 4) is 45.0 Å². The van der Waals surface area contributed by atoms with Gasteiger partial charge < -0.3 is 14.4 Å². The van der Waals surface area contributed by atoms with Crippen molar-refractivity contribution in [3.05, 3.63) is 164 Å². The molecular weight excluding hydrogens is 767 g/mol. The summed E-state index contributed by atoms with van der Waals surface area (Å²) in [6.45, 7) is 6.58. The first kappa shape index (κ1) is 32.7. The van der Waals surface area contributed by atoms with Crippen LogP contribution in [0.1, 0.15) is 26.3 Å². The summed E-state index contributed by atoms with van der Waals surface area (Å²) in [7, 11) is 0. The number of aromatic nitrogens is 3. The van der Waals surface area contributed by atoms with Crippen molar-refractivity contribution in [2.45, 2.75) is 26.2 Å². The van der Waals surface area contributed by atoms with Crippen LogP contribution in [0.15, 0.2) is 150 Å². The van der Waals surface area contributed by atoms with Crippen molar-refractivity contribution >= 4 is 21.9 Å². The van der Waals surface area contributed by atoms with Gasteiger partial charge in [-0.05, 0) is 28.4 Å². The van der Waals surface area contributed by atoms with Crippen LogP contribution in [0.3, 0.4) is 0 Å². The van der Waals surface area contributed by atoms with Crippen LogP contribution in [0.25, 0.3) is 67.0 Å². The molecule has 4 heterocycles. The number of hydrogen-bond acceptors (Lipinski definition) is 4. The molecule has 8 aromatic rings. The van der Waals surface area contributed by atoms with Crippen LogP contribution in [0.2, 0.25) is 0 Å². The normalized spacial score (nSPS) is 11.1. The SMILES string of the molecule is CC(C)(C)c1ccc(-c2[c-]cccc2)nc1.[Ir].[c-]1ccc2c(oc3cc(-c4ccccc4)nc(-c4ccccc4)c32)c1-c1ccccn1. The van der Waals surface area contributed by atoms with Gasteiger partial charge in [-0.3, -0.25) is 0 Å². The molecule has 48 heavy (non-hydrogen) atoms. The molecule has 0 aliphatic carbocycles. The van der Waals surface area contributed by atoms with Gasteiger partial charge >= 0.3 is 0 Å². The first-order valence-corrected chi connectivity index (χ1v) is 15.7. The van der Waals surface area contributed by atoms with E-state index in [1.54, 1.807) is 6.20 Å². The first-order chi connectivity index (χ1) is 23.0. The second-order valence-corrected chi connectivity index (χ2v) is 12.3. The fourth-order valence-electron chi connectivity index (χ4n) is 5.57. The molecule has 4 aromatic carbocycles. The Bertz CT molecular complexity index is 2240. The van der Waals surface area contributed by atoms with Gasteiger partial charge in [0.2, 0.25) is 0 Å². The molecule has 0 aliphatic heterocycles. The van der Waals surface area contributed by atoms with Crippen molar-refractivity contribution in [3.63, 3.8) is 0 Å². The molecule has 5 heteroatoms. The van der Waals surface area contributed by atoms with Crippen LogP contribution in [-0.4, -0.2) is 15.0 Å². The van der Waals surface area contributed by atoms with Crippen LogP contribution < -0.4 is 0 Å². The molecule has 0 atom stereocenters. The van der Waals surface area contributed by atoms with Gasteiger partial charge in [-0.2, -0.15) is 0 Å². The van der Waals surface area contributed by atoms with Crippen LogP contribution in [0.5, 0.6) is 0 Å². The molecule has 4 aromatic heterocycles. The van der Waals surface area contributed by atoms with Crippen molar-refractivity contribution < 1.29 is 24.5 Å². The van der Waals surface area contributed by atoms with Gasteiger partial charge in [0, 0.05) is 55.1 Å². The first-order valence-electron chi connectivity index (χ1n) is 15.7. The standard InChI is InChI=1S/C28H17N2O.C15H16N.Ir/c1-3-10-19(11-4-1)24-18-25-26(27(30-24)20-12-5-2-6-13-20)22-15-9-14-21(28(22)31-25)23-16-7-8-17-29-23;1-15(2,3)13-9-10-14(16-11-13)12-7-5-4-6-8-12;/h1-13,15-18H;4-7,9-11H,1-3H3;/q2*-1;. The van der Waals surface area contributed by atoms with E-state index in [1.165, 1.54) is 5.56 Å². The van der Waals surface area contributed by atoms with Crippen LogP contribution in [0.4, 0.5) is 0 Å². The van der Waals surface area contributed by atoms with Crippen molar-refractivity contribution in [2.75, 3.05) is 0 Å². The predicted molar refractivity (Wildman–Crippen MR) is 192 cm³/mol.